The Bertz CT molecular complexity index is 1470. The first-order valence-electron chi connectivity index (χ1n) is 12.8. The predicted octanol–water partition coefficient (Wildman–Crippen LogP) is 6.04. The molecule has 41 heavy (non-hydrogen) atoms. The van der Waals surface area contributed by atoms with Gasteiger partial charge in [0.25, 0.3) is 10.0 Å². The van der Waals surface area contributed by atoms with E-state index >= 15 is 0 Å². The van der Waals surface area contributed by atoms with E-state index in [2.05, 4.69) is 5.32 Å². The minimum Gasteiger partial charge on any atom is -0.495 e. The van der Waals surface area contributed by atoms with Crippen molar-refractivity contribution in [1.82, 2.24) is 10.2 Å². The smallest absolute Gasteiger partial charge is 0.264 e. The third-order valence-electron chi connectivity index (χ3n) is 6.26. The molecule has 0 radical (unpaired) electrons. The molecule has 3 aromatic rings. The van der Waals surface area contributed by atoms with Gasteiger partial charge in [-0.1, -0.05) is 72.9 Å². The molecule has 0 aliphatic heterocycles. The van der Waals surface area contributed by atoms with Crippen LogP contribution in [0.3, 0.4) is 0 Å². The van der Waals surface area contributed by atoms with Gasteiger partial charge in [0.05, 0.1) is 17.7 Å². The fourth-order valence-electron chi connectivity index (χ4n) is 3.98. The summed E-state index contributed by atoms with van der Waals surface area (Å²) in [6.07, 6.45) is 0. The van der Waals surface area contributed by atoms with Crippen LogP contribution < -0.4 is 14.4 Å². The van der Waals surface area contributed by atoms with E-state index in [1.807, 2.05) is 13.8 Å². The molecule has 0 fully saturated rings. The zero-order valence-corrected chi connectivity index (χ0v) is 26.2. The van der Waals surface area contributed by atoms with Crippen LogP contribution in [0.1, 0.15) is 26.3 Å². The number of nitrogens with zero attached hydrogens (tertiary/aromatic N) is 2. The molecule has 0 saturated heterocycles. The number of anilines is 1. The first-order chi connectivity index (χ1) is 19.4. The Balaban J connectivity index is 2.11. The van der Waals surface area contributed by atoms with E-state index in [9.17, 15) is 18.0 Å². The monoisotopic (exact) mass is 639 g/mol. The SMILES string of the molecule is COc1ccc(Cl)cc1N(CC(=O)N(Cc1c(Cl)cccc1Cl)[C@H](C)C(=O)NCC(C)C)S(=O)(=O)c1ccccc1. The van der Waals surface area contributed by atoms with E-state index in [1.54, 1.807) is 49.4 Å². The van der Waals surface area contributed by atoms with Crippen LogP contribution in [0.2, 0.25) is 15.1 Å². The lowest BCUT2D eigenvalue weighted by Crippen LogP contribution is -2.51. The minimum atomic E-state index is -4.29. The molecule has 3 rings (SSSR count). The average Bonchev–Trinajstić information content (AvgIpc) is 2.94. The molecule has 3 aromatic carbocycles. The molecule has 12 heteroatoms. The Kier molecular flexibility index (Phi) is 11.3. The van der Waals surface area contributed by atoms with Crippen molar-refractivity contribution < 1.29 is 22.7 Å². The van der Waals surface area contributed by atoms with Gasteiger partial charge in [0.2, 0.25) is 11.8 Å². The topological polar surface area (TPSA) is 96.0 Å². The molecule has 0 aliphatic carbocycles. The highest BCUT2D eigenvalue weighted by atomic mass is 35.5. The summed E-state index contributed by atoms with van der Waals surface area (Å²) in [5, 5.41) is 3.67. The van der Waals surface area contributed by atoms with Crippen LogP contribution in [-0.2, 0) is 26.2 Å². The number of hydrogen-bond donors (Lipinski definition) is 1. The first kappa shape index (κ1) is 32.5. The maximum Gasteiger partial charge on any atom is 0.264 e. The number of nitrogens with one attached hydrogen (secondary N) is 1. The molecule has 1 N–H and O–H groups in total. The molecule has 2 amide bonds. The standard InChI is InChI=1S/C29H32Cl3N3O5S/c1-19(2)16-33-29(37)20(3)34(17-23-24(31)11-8-12-25(23)32)28(36)18-35(26-15-21(30)13-14-27(26)40-4)41(38,39)22-9-6-5-7-10-22/h5-15,19-20H,16-18H2,1-4H3,(H,33,37)/t20-/m1/s1. The van der Waals surface area contributed by atoms with Gasteiger partial charge in [-0.15, -0.1) is 0 Å². The van der Waals surface area contributed by atoms with E-state index in [4.69, 9.17) is 39.5 Å². The fraction of sp³-hybridized carbons (Fsp3) is 0.310. The lowest BCUT2D eigenvalue weighted by atomic mass is 10.1. The quantitative estimate of drug-likeness (QED) is 0.261. The number of sulfonamides is 1. The van der Waals surface area contributed by atoms with Gasteiger partial charge in [0.15, 0.2) is 0 Å². The van der Waals surface area contributed by atoms with Crippen LogP contribution >= 0.6 is 34.8 Å². The molecule has 0 aliphatic rings. The second-order valence-corrected chi connectivity index (χ2v) is 12.8. The third kappa shape index (κ3) is 8.07. The summed E-state index contributed by atoms with van der Waals surface area (Å²) in [5.41, 5.74) is 0.482. The Morgan fingerprint density at radius 1 is 0.927 bits per heavy atom. The number of carbonyl (C=O) groups excluding carboxylic acids is 2. The van der Waals surface area contributed by atoms with Gasteiger partial charge in [0, 0.05) is 33.7 Å². The van der Waals surface area contributed by atoms with Crippen molar-refractivity contribution in [3.05, 3.63) is 87.4 Å². The summed E-state index contributed by atoms with van der Waals surface area (Å²) in [5.74, 6) is -0.719. The number of carbonyl (C=O) groups is 2. The molecule has 0 heterocycles. The van der Waals surface area contributed by atoms with Crippen molar-refractivity contribution in [3.8, 4) is 5.75 Å². The maximum atomic E-state index is 14.1. The summed E-state index contributed by atoms with van der Waals surface area (Å²) in [7, 11) is -2.91. The van der Waals surface area contributed by atoms with Crippen molar-refractivity contribution in [2.75, 3.05) is 24.5 Å². The Morgan fingerprint density at radius 3 is 2.15 bits per heavy atom. The third-order valence-corrected chi connectivity index (χ3v) is 8.98. The first-order valence-corrected chi connectivity index (χ1v) is 15.4. The zero-order chi connectivity index (χ0) is 30.3. The van der Waals surface area contributed by atoms with E-state index in [0.717, 1.165) is 4.31 Å². The van der Waals surface area contributed by atoms with Gasteiger partial charge in [-0.05, 0) is 55.3 Å². The Morgan fingerprint density at radius 2 is 1.56 bits per heavy atom. The Hall–Kier alpha value is -2.98. The number of methoxy groups -OCH3 is 1. The van der Waals surface area contributed by atoms with E-state index in [1.165, 1.54) is 36.3 Å². The largest absolute Gasteiger partial charge is 0.495 e. The minimum absolute atomic E-state index is 0.0433. The molecule has 1 atom stereocenters. The van der Waals surface area contributed by atoms with Crippen molar-refractivity contribution in [1.29, 1.82) is 0 Å². The number of rotatable bonds is 12. The van der Waals surface area contributed by atoms with Crippen LogP contribution in [0.4, 0.5) is 5.69 Å². The van der Waals surface area contributed by atoms with Crippen LogP contribution in [0.25, 0.3) is 0 Å². The highest BCUT2D eigenvalue weighted by Crippen LogP contribution is 2.35. The molecule has 0 bridgehead atoms. The van der Waals surface area contributed by atoms with E-state index in [0.29, 0.717) is 22.2 Å². The molecule has 0 saturated carbocycles. The molecule has 0 spiro atoms. The van der Waals surface area contributed by atoms with Crippen molar-refractivity contribution in [2.45, 2.75) is 38.3 Å². The van der Waals surface area contributed by atoms with Crippen molar-refractivity contribution in [2.24, 2.45) is 5.92 Å². The van der Waals surface area contributed by atoms with E-state index < -0.39 is 34.4 Å². The number of amides is 2. The van der Waals surface area contributed by atoms with Crippen LogP contribution in [0.5, 0.6) is 5.75 Å². The van der Waals surface area contributed by atoms with E-state index in [-0.39, 0.29) is 33.8 Å². The average molecular weight is 641 g/mol. The van der Waals surface area contributed by atoms with Gasteiger partial charge in [-0.3, -0.25) is 13.9 Å². The van der Waals surface area contributed by atoms with Gasteiger partial charge in [-0.2, -0.15) is 0 Å². The summed E-state index contributed by atoms with van der Waals surface area (Å²) >= 11 is 19.1. The molecule has 0 unspecified atom stereocenters. The predicted molar refractivity (Wildman–Crippen MR) is 163 cm³/mol. The second-order valence-electron chi connectivity index (χ2n) is 9.68. The fourth-order valence-corrected chi connectivity index (χ4v) is 6.10. The Labute approximate surface area is 256 Å². The van der Waals surface area contributed by atoms with Crippen LogP contribution in [0.15, 0.2) is 71.6 Å². The number of halogens is 3. The number of hydrogen-bond acceptors (Lipinski definition) is 5. The molecule has 8 nitrogen and oxygen atoms in total. The van der Waals surface area contributed by atoms with Crippen molar-refractivity contribution in [3.63, 3.8) is 0 Å². The van der Waals surface area contributed by atoms with Crippen LogP contribution in [0, 0.1) is 5.92 Å². The zero-order valence-electron chi connectivity index (χ0n) is 23.1. The summed E-state index contributed by atoms with van der Waals surface area (Å²) in [6.45, 7) is 5.04. The van der Waals surface area contributed by atoms with Gasteiger partial charge in [-0.25, -0.2) is 8.42 Å². The summed E-state index contributed by atoms with van der Waals surface area (Å²) in [4.78, 5) is 28.4. The molecule has 220 valence electrons. The molecular formula is C29H32Cl3N3O5S. The van der Waals surface area contributed by atoms with Gasteiger partial charge >= 0.3 is 0 Å². The number of benzene rings is 3. The lowest BCUT2D eigenvalue weighted by Gasteiger charge is -2.32. The summed E-state index contributed by atoms with van der Waals surface area (Å²) in [6, 6.07) is 16.1. The molecule has 0 aromatic heterocycles. The highest BCUT2D eigenvalue weighted by molar-refractivity contribution is 7.92. The van der Waals surface area contributed by atoms with Gasteiger partial charge < -0.3 is 15.0 Å². The summed E-state index contributed by atoms with van der Waals surface area (Å²) < 4.78 is 34.3. The maximum absolute atomic E-state index is 14.1. The van der Waals surface area contributed by atoms with Gasteiger partial charge in [0.1, 0.15) is 18.3 Å². The second kappa shape index (κ2) is 14.3. The number of ether oxygens (including phenoxy) is 1. The molecular weight excluding hydrogens is 609 g/mol. The lowest BCUT2D eigenvalue weighted by molar-refractivity contribution is -0.139. The highest BCUT2D eigenvalue weighted by Gasteiger charge is 2.34. The van der Waals surface area contributed by atoms with Crippen LogP contribution in [-0.4, -0.2) is 51.4 Å². The van der Waals surface area contributed by atoms with Crippen molar-refractivity contribution >= 4 is 62.3 Å². The normalized spacial score (nSPS) is 12.1.